The fourth-order valence-corrected chi connectivity index (χ4v) is 1.27. The van der Waals surface area contributed by atoms with Crippen LogP contribution >= 0.6 is 0 Å². The lowest BCUT2D eigenvalue weighted by atomic mass is 10.4. The van der Waals surface area contributed by atoms with Crippen molar-refractivity contribution >= 4 is 5.97 Å². The fraction of sp³-hybridized carbons (Fsp3) is 0.600. The van der Waals surface area contributed by atoms with Crippen molar-refractivity contribution in [1.29, 1.82) is 0 Å². The molecule has 0 aliphatic rings. The molecule has 15 heavy (non-hydrogen) atoms. The van der Waals surface area contributed by atoms with Crippen molar-refractivity contribution in [3.8, 4) is 0 Å². The molecule has 5 heteroatoms. The molecule has 0 aliphatic carbocycles. The summed E-state index contributed by atoms with van der Waals surface area (Å²) in [5, 5.41) is 8.93. The lowest BCUT2D eigenvalue weighted by Crippen LogP contribution is -2.10. The maximum atomic E-state index is 10.9. The third-order valence-electron chi connectivity index (χ3n) is 1.98. The first-order valence-corrected chi connectivity index (χ1v) is 4.95. The van der Waals surface area contributed by atoms with Crippen molar-refractivity contribution < 1.29 is 14.6 Å². The lowest BCUT2D eigenvalue weighted by molar-refractivity contribution is 0.0676. The van der Waals surface area contributed by atoms with E-state index < -0.39 is 5.97 Å². The van der Waals surface area contributed by atoms with E-state index in [0.717, 1.165) is 0 Å². The molecule has 0 atom stereocenters. The van der Waals surface area contributed by atoms with Crippen LogP contribution in [0.2, 0.25) is 0 Å². The van der Waals surface area contributed by atoms with Crippen LogP contribution in [0.15, 0.2) is 6.20 Å². The third kappa shape index (κ3) is 2.79. The highest BCUT2D eigenvalue weighted by Crippen LogP contribution is 2.12. The minimum Gasteiger partial charge on any atom is -0.475 e. The lowest BCUT2D eigenvalue weighted by Gasteiger charge is -2.07. The number of hydrogen-bond donors (Lipinski definition) is 1. The van der Waals surface area contributed by atoms with Crippen LogP contribution in [0, 0.1) is 0 Å². The quantitative estimate of drug-likeness (QED) is 0.806. The molecular weight excluding hydrogens is 196 g/mol. The topological polar surface area (TPSA) is 64.3 Å². The van der Waals surface area contributed by atoms with E-state index in [1.54, 1.807) is 10.8 Å². The number of carboxylic acid groups (broad SMARTS) is 1. The minimum atomic E-state index is -1.01. The molecule has 0 aliphatic heterocycles. The second-order valence-electron chi connectivity index (χ2n) is 3.50. The van der Waals surface area contributed by atoms with Gasteiger partial charge in [-0.1, -0.05) is 0 Å². The van der Waals surface area contributed by atoms with E-state index in [1.165, 1.54) is 0 Å². The van der Waals surface area contributed by atoms with Crippen molar-refractivity contribution in [1.82, 2.24) is 9.55 Å². The summed E-state index contributed by atoms with van der Waals surface area (Å²) in [5.74, 6) is -0.939. The molecule has 1 rings (SSSR count). The minimum absolute atomic E-state index is 0.0692. The molecule has 1 N–H and O–H groups in total. The molecule has 0 bridgehead atoms. The van der Waals surface area contributed by atoms with Crippen LogP contribution in [0.5, 0.6) is 0 Å². The molecule has 0 aromatic carbocycles. The largest absolute Gasteiger partial charge is 0.475 e. The van der Waals surface area contributed by atoms with Gasteiger partial charge < -0.3 is 14.4 Å². The summed E-state index contributed by atoms with van der Waals surface area (Å²) in [6, 6.07) is 0.0824. The third-order valence-corrected chi connectivity index (χ3v) is 1.98. The van der Waals surface area contributed by atoms with Crippen LogP contribution in [-0.2, 0) is 11.3 Å². The summed E-state index contributed by atoms with van der Waals surface area (Å²) >= 11 is 0. The highest BCUT2D eigenvalue weighted by molar-refractivity contribution is 5.83. The average molecular weight is 212 g/mol. The van der Waals surface area contributed by atoms with Gasteiger partial charge in [-0.2, -0.15) is 0 Å². The zero-order valence-electron chi connectivity index (χ0n) is 9.23. The normalized spacial score (nSPS) is 10.9. The number of rotatable bonds is 5. The number of carboxylic acids is 1. The monoisotopic (exact) mass is 212 g/mol. The fourth-order valence-electron chi connectivity index (χ4n) is 1.27. The van der Waals surface area contributed by atoms with E-state index in [2.05, 4.69) is 4.98 Å². The van der Waals surface area contributed by atoms with Gasteiger partial charge in [0.25, 0.3) is 0 Å². The molecule has 0 fully saturated rings. The van der Waals surface area contributed by atoms with Gasteiger partial charge >= 0.3 is 5.97 Å². The van der Waals surface area contributed by atoms with Gasteiger partial charge in [-0.3, -0.25) is 0 Å². The smallest absolute Gasteiger partial charge is 0.372 e. The van der Waals surface area contributed by atoms with Crippen molar-refractivity contribution in [3.63, 3.8) is 0 Å². The van der Waals surface area contributed by atoms with E-state index in [-0.39, 0.29) is 11.9 Å². The van der Waals surface area contributed by atoms with Gasteiger partial charge in [0, 0.05) is 18.8 Å². The van der Waals surface area contributed by atoms with Crippen molar-refractivity contribution in [3.05, 3.63) is 17.7 Å². The van der Waals surface area contributed by atoms with Gasteiger partial charge in [-0.15, -0.1) is 0 Å². The molecule has 0 saturated heterocycles. The van der Waals surface area contributed by atoms with Crippen LogP contribution < -0.4 is 0 Å². The molecule has 1 aromatic heterocycles. The summed E-state index contributed by atoms with van der Waals surface area (Å²) in [7, 11) is 0. The van der Waals surface area contributed by atoms with Crippen LogP contribution in [0.1, 0.15) is 43.1 Å². The standard InChI is InChI=1S/C10H16N2O3/c1-4-15-6-8-5-12(7(2)3)9(11-8)10(13)14/h5,7H,4,6H2,1-3H3,(H,13,14). The Balaban J connectivity index is 2.93. The first-order chi connectivity index (χ1) is 7.06. The molecule has 1 heterocycles. The predicted molar refractivity (Wildman–Crippen MR) is 54.9 cm³/mol. The van der Waals surface area contributed by atoms with Gasteiger partial charge in [0.05, 0.1) is 12.3 Å². The molecule has 1 aromatic rings. The van der Waals surface area contributed by atoms with Crippen LogP contribution in [0.4, 0.5) is 0 Å². The molecule has 0 amide bonds. The SMILES string of the molecule is CCOCc1cn(C(C)C)c(C(=O)O)n1. The second-order valence-corrected chi connectivity index (χ2v) is 3.50. The summed E-state index contributed by atoms with van der Waals surface area (Å²) in [6.45, 7) is 6.67. The highest BCUT2D eigenvalue weighted by Gasteiger charge is 2.16. The number of hydrogen-bond acceptors (Lipinski definition) is 3. The zero-order chi connectivity index (χ0) is 11.4. The Morgan fingerprint density at radius 2 is 2.33 bits per heavy atom. The molecule has 84 valence electrons. The van der Waals surface area contributed by atoms with Crippen LogP contribution in [0.25, 0.3) is 0 Å². The second kappa shape index (κ2) is 4.93. The highest BCUT2D eigenvalue weighted by atomic mass is 16.5. The van der Waals surface area contributed by atoms with Gasteiger partial charge in [0.1, 0.15) is 0 Å². The van der Waals surface area contributed by atoms with Crippen molar-refractivity contribution in [2.75, 3.05) is 6.61 Å². The maximum absolute atomic E-state index is 10.9. The molecule has 0 saturated carbocycles. The van der Waals surface area contributed by atoms with Crippen molar-refractivity contribution in [2.45, 2.75) is 33.4 Å². The van der Waals surface area contributed by atoms with E-state index in [9.17, 15) is 4.79 Å². The summed E-state index contributed by atoms with van der Waals surface area (Å²) < 4.78 is 6.81. The number of ether oxygens (including phenoxy) is 1. The van der Waals surface area contributed by atoms with E-state index >= 15 is 0 Å². The molecule has 0 radical (unpaired) electrons. The number of nitrogens with zero attached hydrogens (tertiary/aromatic N) is 2. The van der Waals surface area contributed by atoms with E-state index in [4.69, 9.17) is 9.84 Å². The first-order valence-electron chi connectivity index (χ1n) is 4.95. The summed E-state index contributed by atoms with van der Waals surface area (Å²) in [6.07, 6.45) is 1.73. The Kier molecular flexibility index (Phi) is 3.85. The number of aromatic nitrogens is 2. The van der Waals surface area contributed by atoms with Gasteiger partial charge in [0.2, 0.25) is 5.82 Å². The Morgan fingerprint density at radius 3 is 2.73 bits per heavy atom. The Labute approximate surface area is 88.7 Å². The molecule has 0 spiro atoms. The molecular formula is C10H16N2O3. The predicted octanol–water partition coefficient (Wildman–Crippen LogP) is 1.70. The first kappa shape index (κ1) is 11.7. The van der Waals surface area contributed by atoms with Gasteiger partial charge in [-0.25, -0.2) is 9.78 Å². The molecule has 5 nitrogen and oxygen atoms in total. The average Bonchev–Trinajstić information content (AvgIpc) is 2.58. The Bertz CT molecular complexity index is 344. The molecule has 0 unspecified atom stereocenters. The van der Waals surface area contributed by atoms with E-state index in [0.29, 0.717) is 18.9 Å². The maximum Gasteiger partial charge on any atom is 0.372 e. The van der Waals surface area contributed by atoms with Crippen LogP contribution in [0.3, 0.4) is 0 Å². The van der Waals surface area contributed by atoms with Crippen LogP contribution in [-0.4, -0.2) is 27.2 Å². The Morgan fingerprint density at radius 1 is 1.67 bits per heavy atom. The zero-order valence-corrected chi connectivity index (χ0v) is 9.23. The van der Waals surface area contributed by atoms with Crippen molar-refractivity contribution in [2.24, 2.45) is 0 Å². The number of aromatic carboxylic acids is 1. The van der Waals surface area contributed by atoms with Gasteiger partial charge in [0.15, 0.2) is 0 Å². The summed E-state index contributed by atoms with van der Waals surface area (Å²) in [4.78, 5) is 14.9. The number of imidazole rings is 1. The Hall–Kier alpha value is -1.36. The number of carbonyl (C=O) groups is 1. The summed E-state index contributed by atoms with van der Waals surface area (Å²) in [5.41, 5.74) is 0.656. The van der Waals surface area contributed by atoms with E-state index in [1.807, 2.05) is 20.8 Å². The van der Waals surface area contributed by atoms with Gasteiger partial charge in [-0.05, 0) is 20.8 Å².